The lowest BCUT2D eigenvalue weighted by atomic mass is 10.2. The first-order valence-electron chi connectivity index (χ1n) is 10.3. The van der Waals surface area contributed by atoms with E-state index in [2.05, 4.69) is 25.0 Å². The van der Waals surface area contributed by atoms with Crippen molar-refractivity contribution in [2.45, 2.75) is 24.6 Å². The van der Waals surface area contributed by atoms with Crippen LogP contribution in [0.2, 0.25) is 0 Å². The summed E-state index contributed by atoms with van der Waals surface area (Å²) in [5.41, 5.74) is 8.23. The fourth-order valence-corrected chi connectivity index (χ4v) is 5.43. The van der Waals surface area contributed by atoms with Crippen LogP contribution in [-0.2, 0) is 10.5 Å². The van der Waals surface area contributed by atoms with Crippen molar-refractivity contribution in [3.8, 4) is 5.69 Å². The zero-order valence-corrected chi connectivity index (χ0v) is 19.8. The minimum absolute atomic E-state index is 0.292. The molecule has 0 fully saturated rings. The van der Waals surface area contributed by atoms with Gasteiger partial charge in [0.25, 0.3) is 0 Å². The second-order valence-electron chi connectivity index (χ2n) is 7.22. The molecule has 4 aromatic heterocycles. The van der Waals surface area contributed by atoms with Crippen LogP contribution < -0.4 is 5.73 Å². The van der Waals surface area contributed by atoms with E-state index in [-0.39, 0.29) is 11.8 Å². The number of carbonyl (C=O) groups excluding carboxylic acids is 1. The Morgan fingerprint density at radius 3 is 2.79 bits per heavy atom. The first-order valence-corrected chi connectivity index (χ1v) is 12.1. The first kappa shape index (κ1) is 22.2. The molecule has 0 unspecified atom stereocenters. The molecule has 0 aliphatic carbocycles. The topological polar surface area (TPSA) is 122 Å². The number of fused-ring (bicyclic) bond motifs is 2. The summed E-state index contributed by atoms with van der Waals surface area (Å²) < 4.78 is 20.1. The van der Waals surface area contributed by atoms with E-state index in [1.54, 1.807) is 29.9 Å². The number of nitrogens with two attached hydrogens (primary N) is 1. The average molecular weight is 496 g/mol. The monoisotopic (exact) mass is 495 g/mol. The van der Waals surface area contributed by atoms with Crippen LogP contribution in [0, 0.1) is 12.7 Å². The third-order valence-electron chi connectivity index (χ3n) is 5.06. The summed E-state index contributed by atoms with van der Waals surface area (Å²) >= 11 is 2.67. The van der Waals surface area contributed by atoms with Gasteiger partial charge in [-0.25, -0.2) is 33.8 Å². The predicted molar refractivity (Wildman–Crippen MR) is 129 cm³/mol. The van der Waals surface area contributed by atoms with E-state index in [1.807, 2.05) is 6.92 Å². The number of ether oxygens (including phenoxy) is 1. The van der Waals surface area contributed by atoms with E-state index in [0.29, 0.717) is 55.5 Å². The van der Waals surface area contributed by atoms with Crippen molar-refractivity contribution in [1.29, 1.82) is 0 Å². The average Bonchev–Trinajstić information content (AvgIpc) is 3.40. The van der Waals surface area contributed by atoms with Gasteiger partial charge in [-0.2, -0.15) is 5.10 Å². The van der Waals surface area contributed by atoms with Crippen LogP contribution in [0.1, 0.15) is 28.0 Å². The quantitative estimate of drug-likeness (QED) is 0.208. The Morgan fingerprint density at radius 1 is 1.24 bits per heavy atom. The van der Waals surface area contributed by atoms with E-state index in [0.717, 1.165) is 10.9 Å². The second-order valence-corrected chi connectivity index (χ2v) is 9.18. The van der Waals surface area contributed by atoms with Crippen LogP contribution in [0.25, 0.3) is 26.9 Å². The molecule has 12 heteroatoms. The highest BCUT2D eigenvalue weighted by molar-refractivity contribution is 7.98. The smallest absolute Gasteiger partial charge is 0.348 e. The number of thiophene rings is 1. The van der Waals surface area contributed by atoms with Crippen LogP contribution in [0.3, 0.4) is 0 Å². The van der Waals surface area contributed by atoms with Crippen molar-refractivity contribution >= 4 is 56.1 Å². The lowest BCUT2D eigenvalue weighted by molar-refractivity contribution is 0.0531. The summed E-state index contributed by atoms with van der Waals surface area (Å²) in [5, 5.41) is 6.52. The molecule has 34 heavy (non-hydrogen) atoms. The van der Waals surface area contributed by atoms with Gasteiger partial charge in [-0.1, -0.05) is 11.8 Å². The molecule has 172 valence electrons. The largest absolute Gasteiger partial charge is 0.462 e. The molecule has 2 N–H and O–H groups in total. The van der Waals surface area contributed by atoms with Gasteiger partial charge in [0.2, 0.25) is 0 Å². The van der Waals surface area contributed by atoms with Gasteiger partial charge in [0.1, 0.15) is 38.5 Å². The number of rotatable bonds is 6. The van der Waals surface area contributed by atoms with Gasteiger partial charge < -0.3 is 10.5 Å². The van der Waals surface area contributed by atoms with Crippen molar-refractivity contribution in [3.63, 3.8) is 0 Å². The molecule has 0 aliphatic rings. The van der Waals surface area contributed by atoms with Crippen molar-refractivity contribution < 1.29 is 13.9 Å². The Labute approximate surface area is 201 Å². The van der Waals surface area contributed by atoms with Gasteiger partial charge in [-0.05, 0) is 43.7 Å². The highest BCUT2D eigenvalue weighted by Gasteiger charge is 2.21. The maximum Gasteiger partial charge on any atom is 0.348 e. The van der Waals surface area contributed by atoms with Gasteiger partial charge in [-0.15, -0.1) is 11.3 Å². The Bertz CT molecular complexity index is 1530. The standard InChI is InChI=1S/C22H18FN7O2S2/c1-3-32-22(31)17-11(2)16-18(24)28-15(29-21(16)34-17)9-33-20-14-8-27-30(19(14)25-10-26-20)13-6-4-12(23)5-7-13/h4-8,10H,3,9H2,1-2H3,(H2,24,28,29). The Hall–Kier alpha value is -3.64. The number of anilines is 1. The molecular weight excluding hydrogens is 477 g/mol. The van der Waals surface area contributed by atoms with E-state index in [9.17, 15) is 9.18 Å². The maximum absolute atomic E-state index is 13.3. The van der Waals surface area contributed by atoms with Crippen LogP contribution in [0.5, 0.6) is 0 Å². The normalized spacial score (nSPS) is 11.4. The number of thioether (sulfide) groups is 1. The number of aryl methyl sites for hydroxylation is 1. The summed E-state index contributed by atoms with van der Waals surface area (Å²) in [6.07, 6.45) is 3.13. The third-order valence-corrected chi connectivity index (χ3v) is 7.23. The summed E-state index contributed by atoms with van der Waals surface area (Å²) in [6.45, 7) is 3.87. The lowest BCUT2D eigenvalue weighted by Gasteiger charge is -2.05. The second kappa shape index (κ2) is 8.95. The maximum atomic E-state index is 13.3. The summed E-state index contributed by atoms with van der Waals surface area (Å²) in [7, 11) is 0. The molecule has 0 spiro atoms. The molecular formula is C22H18FN7O2S2. The van der Waals surface area contributed by atoms with Gasteiger partial charge in [0, 0.05) is 0 Å². The number of esters is 1. The van der Waals surface area contributed by atoms with Crippen molar-refractivity contribution in [2.75, 3.05) is 12.3 Å². The molecule has 1 aromatic carbocycles. The zero-order chi connectivity index (χ0) is 23.8. The van der Waals surface area contributed by atoms with Crippen molar-refractivity contribution in [3.05, 3.63) is 58.9 Å². The lowest BCUT2D eigenvalue weighted by Crippen LogP contribution is -2.04. The van der Waals surface area contributed by atoms with E-state index in [1.165, 1.54) is 41.6 Å². The minimum Gasteiger partial charge on any atom is -0.462 e. The number of halogens is 1. The minimum atomic E-state index is -0.389. The predicted octanol–water partition coefficient (Wildman–Crippen LogP) is 4.32. The molecule has 0 bridgehead atoms. The van der Waals surface area contributed by atoms with Crippen LogP contribution >= 0.6 is 23.1 Å². The fraction of sp³-hybridized carbons (Fsp3) is 0.182. The van der Waals surface area contributed by atoms with Gasteiger partial charge in [0.05, 0.1) is 35.0 Å². The molecule has 0 amide bonds. The molecule has 5 aromatic rings. The molecule has 0 atom stereocenters. The fourth-order valence-electron chi connectivity index (χ4n) is 3.51. The Morgan fingerprint density at radius 2 is 2.03 bits per heavy atom. The summed E-state index contributed by atoms with van der Waals surface area (Å²) in [5.74, 6) is 0.531. The number of benzene rings is 1. The molecule has 5 rings (SSSR count). The molecule has 0 aliphatic heterocycles. The number of nitrogen functional groups attached to an aromatic ring is 1. The third kappa shape index (κ3) is 3.94. The van der Waals surface area contributed by atoms with Crippen LogP contribution in [-0.4, -0.2) is 42.3 Å². The van der Waals surface area contributed by atoms with E-state index in [4.69, 9.17) is 10.5 Å². The number of hydrogen-bond donors (Lipinski definition) is 1. The number of nitrogens with zero attached hydrogens (tertiary/aromatic N) is 6. The van der Waals surface area contributed by atoms with Crippen molar-refractivity contribution in [2.24, 2.45) is 0 Å². The van der Waals surface area contributed by atoms with Gasteiger partial charge in [-0.3, -0.25) is 0 Å². The number of hydrogen-bond acceptors (Lipinski definition) is 10. The summed E-state index contributed by atoms with van der Waals surface area (Å²) in [4.78, 5) is 31.1. The van der Waals surface area contributed by atoms with Gasteiger partial charge >= 0.3 is 5.97 Å². The highest BCUT2D eigenvalue weighted by Crippen LogP contribution is 2.34. The van der Waals surface area contributed by atoms with Crippen LogP contribution in [0.15, 0.2) is 41.8 Å². The molecule has 0 saturated carbocycles. The molecule has 0 saturated heterocycles. The number of carbonyl (C=O) groups is 1. The Balaban J connectivity index is 1.43. The van der Waals surface area contributed by atoms with Crippen LogP contribution in [0.4, 0.5) is 10.2 Å². The SMILES string of the molecule is CCOC(=O)c1sc2nc(CSc3ncnc4c3cnn4-c3ccc(F)cc3)nc(N)c2c1C. The Kier molecular flexibility index (Phi) is 5.84. The number of aromatic nitrogens is 6. The summed E-state index contributed by atoms with van der Waals surface area (Å²) in [6, 6.07) is 6.01. The van der Waals surface area contributed by atoms with Crippen molar-refractivity contribution in [1.82, 2.24) is 29.7 Å². The zero-order valence-electron chi connectivity index (χ0n) is 18.1. The molecule has 0 radical (unpaired) electrons. The molecule has 4 heterocycles. The molecule has 9 nitrogen and oxygen atoms in total. The van der Waals surface area contributed by atoms with E-state index >= 15 is 0 Å². The first-order chi connectivity index (χ1) is 16.5. The van der Waals surface area contributed by atoms with E-state index < -0.39 is 0 Å². The highest BCUT2D eigenvalue weighted by atomic mass is 32.2. The van der Waals surface area contributed by atoms with Gasteiger partial charge in [0.15, 0.2) is 5.65 Å².